The van der Waals surface area contributed by atoms with E-state index in [4.69, 9.17) is 0 Å². The molecule has 0 saturated carbocycles. The summed E-state index contributed by atoms with van der Waals surface area (Å²) in [5, 5.41) is 0. The maximum atomic E-state index is 14.1. The molecule has 0 aliphatic carbocycles. The summed E-state index contributed by atoms with van der Waals surface area (Å²) in [7, 11) is 0. The largest absolute Gasteiger partial charge is 0.337 e. The summed E-state index contributed by atoms with van der Waals surface area (Å²) in [6.45, 7) is 1.43. The number of nitrogens with one attached hydrogen (secondary N) is 1. The lowest BCUT2D eigenvalue weighted by Gasteiger charge is -2.28. The molecule has 5 rings (SSSR count). The number of fused-ring (bicyclic) bond motifs is 1. The maximum absolute atomic E-state index is 14.1. The number of hydrogen-bond donors (Lipinski definition) is 1. The fraction of sp³-hybridized carbons (Fsp3) is 0.292. The number of aromatic amines is 1. The molecular formula is C24H22FN5O3. The van der Waals surface area contributed by atoms with Gasteiger partial charge in [0.05, 0.1) is 17.8 Å². The number of nitrogens with zero attached hydrogens (tertiary/aromatic N) is 4. The van der Waals surface area contributed by atoms with Crippen molar-refractivity contribution in [3.63, 3.8) is 0 Å². The molecule has 1 N–H and O–H groups in total. The van der Waals surface area contributed by atoms with Crippen LogP contribution >= 0.6 is 0 Å². The van der Waals surface area contributed by atoms with E-state index in [1.165, 1.54) is 23.1 Å². The Morgan fingerprint density at radius 1 is 1.03 bits per heavy atom. The number of benzene rings is 1. The third-order valence-corrected chi connectivity index (χ3v) is 6.23. The van der Waals surface area contributed by atoms with E-state index in [-0.39, 0.29) is 29.5 Å². The van der Waals surface area contributed by atoms with Crippen LogP contribution in [-0.2, 0) is 13.0 Å². The van der Waals surface area contributed by atoms with Crippen molar-refractivity contribution in [1.29, 1.82) is 0 Å². The molecule has 1 fully saturated rings. The predicted molar refractivity (Wildman–Crippen MR) is 117 cm³/mol. The Bertz CT molecular complexity index is 1280. The minimum absolute atomic E-state index is 0.00508. The Balaban J connectivity index is 1.35. The van der Waals surface area contributed by atoms with E-state index in [0.717, 1.165) is 0 Å². The maximum Gasteiger partial charge on any atom is 0.272 e. The molecular weight excluding hydrogens is 425 g/mol. The first kappa shape index (κ1) is 21.0. The smallest absolute Gasteiger partial charge is 0.272 e. The lowest BCUT2D eigenvalue weighted by atomic mass is 10.0. The highest BCUT2D eigenvalue weighted by molar-refractivity contribution is 5.94. The zero-order valence-electron chi connectivity index (χ0n) is 17.8. The van der Waals surface area contributed by atoms with Crippen LogP contribution in [0.4, 0.5) is 4.39 Å². The summed E-state index contributed by atoms with van der Waals surface area (Å²) in [4.78, 5) is 53.2. The van der Waals surface area contributed by atoms with E-state index in [0.29, 0.717) is 55.3 Å². The zero-order valence-corrected chi connectivity index (χ0v) is 17.8. The summed E-state index contributed by atoms with van der Waals surface area (Å²) in [6.07, 6.45) is 2.60. The van der Waals surface area contributed by atoms with Crippen LogP contribution in [0, 0.1) is 5.82 Å². The first-order chi connectivity index (χ1) is 16.0. The van der Waals surface area contributed by atoms with Gasteiger partial charge in [0.25, 0.3) is 17.4 Å². The number of aromatic nitrogens is 3. The van der Waals surface area contributed by atoms with Crippen molar-refractivity contribution in [2.75, 3.05) is 19.6 Å². The van der Waals surface area contributed by atoms with E-state index < -0.39 is 11.7 Å². The quantitative estimate of drug-likeness (QED) is 0.663. The van der Waals surface area contributed by atoms with Crippen molar-refractivity contribution in [2.45, 2.75) is 25.3 Å². The van der Waals surface area contributed by atoms with Crippen molar-refractivity contribution >= 4 is 11.8 Å². The number of H-pyrrole nitrogens is 1. The van der Waals surface area contributed by atoms with Gasteiger partial charge >= 0.3 is 0 Å². The molecule has 4 heterocycles. The third-order valence-electron chi connectivity index (χ3n) is 6.23. The lowest BCUT2D eigenvalue weighted by molar-refractivity contribution is 0.0724. The van der Waals surface area contributed by atoms with Crippen LogP contribution in [0.5, 0.6) is 0 Å². The van der Waals surface area contributed by atoms with Crippen molar-refractivity contribution in [3.05, 3.63) is 93.2 Å². The average Bonchev–Trinajstić information content (AvgIpc) is 3.34. The molecule has 1 saturated heterocycles. The van der Waals surface area contributed by atoms with E-state index in [1.54, 1.807) is 35.4 Å². The van der Waals surface area contributed by atoms with E-state index >= 15 is 0 Å². The zero-order chi connectivity index (χ0) is 22.9. The highest BCUT2D eigenvalue weighted by Gasteiger charge is 2.32. The normalized spacial score (nSPS) is 17.7. The lowest BCUT2D eigenvalue weighted by Crippen LogP contribution is -2.40. The Kier molecular flexibility index (Phi) is 5.45. The Morgan fingerprint density at radius 2 is 1.85 bits per heavy atom. The molecule has 168 valence electrons. The van der Waals surface area contributed by atoms with Crippen LogP contribution in [-0.4, -0.2) is 56.2 Å². The fourth-order valence-electron chi connectivity index (χ4n) is 4.45. The highest BCUT2D eigenvalue weighted by atomic mass is 19.1. The van der Waals surface area contributed by atoms with Crippen LogP contribution in [0.25, 0.3) is 0 Å². The van der Waals surface area contributed by atoms with Gasteiger partial charge in [-0.15, -0.1) is 0 Å². The summed E-state index contributed by atoms with van der Waals surface area (Å²) in [5.41, 5.74) is 1.25. The summed E-state index contributed by atoms with van der Waals surface area (Å²) in [6, 6.07) is 11.1. The van der Waals surface area contributed by atoms with Crippen LogP contribution < -0.4 is 5.56 Å². The fourth-order valence-corrected chi connectivity index (χ4v) is 4.45. The van der Waals surface area contributed by atoms with Gasteiger partial charge in [0.2, 0.25) is 0 Å². The van der Waals surface area contributed by atoms with Gasteiger partial charge in [-0.1, -0.05) is 18.2 Å². The monoisotopic (exact) mass is 447 g/mol. The van der Waals surface area contributed by atoms with E-state index in [1.807, 2.05) is 0 Å². The van der Waals surface area contributed by atoms with Gasteiger partial charge in [0, 0.05) is 37.3 Å². The van der Waals surface area contributed by atoms with Crippen LogP contribution in [0.3, 0.4) is 0 Å². The van der Waals surface area contributed by atoms with Crippen LogP contribution in [0.1, 0.15) is 50.3 Å². The molecule has 2 aliphatic rings. The van der Waals surface area contributed by atoms with Gasteiger partial charge in [-0.05, 0) is 37.1 Å². The molecule has 1 atom stereocenters. The number of likely N-dealkylation sites (tertiary alicyclic amines) is 1. The molecule has 0 radical (unpaired) electrons. The molecule has 2 aromatic heterocycles. The second-order valence-electron chi connectivity index (χ2n) is 8.28. The minimum atomic E-state index is -0.573. The van der Waals surface area contributed by atoms with Crippen LogP contribution in [0.15, 0.2) is 53.5 Å². The SMILES string of the molecule is O=C(c1ccccn1)N1CCC(c2nc3c(c(=O)[nH]2)CCN(C(=O)c2ccccc2F)C3)C1. The van der Waals surface area contributed by atoms with Gasteiger partial charge < -0.3 is 14.8 Å². The summed E-state index contributed by atoms with van der Waals surface area (Å²) >= 11 is 0. The standard InChI is InChI=1S/C24H22FN5O3/c25-18-6-2-1-5-16(18)23(32)30-12-9-17-20(14-30)27-21(28-22(17)31)15-8-11-29(13-15)24(33)19-7-3-4-10-26-19/h1-7,10,15H,8-9,11-14H2,(H,27,28,31). The first-order valence-electron chi connectivity index (χ1n) is 10.9. The number of halogens is 1. The number of hydrogen-bond acceptors (Lipinski definition) is 5. The topological polar surface area (TPSA) is 99.3 Å². The molecule has 9 heteroatoms. The number of rotatable bonds is 3. The summed E-state index contributed by atoms with van der Waals surface area (Å²) < 4.78 is 14.1. The molecule has 0 bridgehead atoms. The van der Waals surface area contributed by atoms with Gasteiger partial charge in [-0.2, -0.15) is 0 Å². The second-order valence-corrected chi connectivity index (χ2v) is 8.28. The van der Waals surface area contributed by atoms with Gasteiger partial charge in [0.15, 0.2) is 0 Å². The van der Waals surface area contributed by atoms with Gasteiger partial charge in [-0.3, -0.25) is 19.4 Å². The molecule has 33 heavy (non-hydrogen) atoms. The average molecular weight is 447 g/mol. The number of amides is 2. The Hall–Kier alpha value is -3.88. The van der Waals surface area contributed by atoms with Gasteiger partial charge in [0.1, 0.15) is 17.3 Å². The molecule has 2 amide bonds. The summed E-state index contributed by atoms with van der Waals surface area (Å²) in [5.74, 6) is -0.754. The van der Waals surface area contributed by atoms with Crippen molar-refractivity contribution in [1.82, 2.24) is 24.8 Å². The molecule has 2 aliphatic heterocycles. The Morgan fingerprint density at radius 3 is 2.64 bits per heavy atom. The van der Waals surface area contributed by atoms with Crippen molar-refractivity contribution in [3.8, 4) is 0 Å². The van der Waals surface area contributed by atoms with Gasteiger partial charge in [-0.25, -0.2) is 9.37 Å². The second kappa shape index (κ2) is 8.57. The van der Waals surface area contributed by atoms with Crippen LogP contribution in [0.2, 0.25) is 0 Å². The molecule has 8 nitrogen and oxygen atoms in total. The molecule has 0 spiro atoms. The molecule has 1 aromatic carbocycles. The number of carbonyl (C=O) groups is 2. The Labute approximate surface area is 189 Å². The number of carbonyl (C=O) groups excluding carboxylic acids is 2. The van der Waals surface area contributed by atoms with E-state index in [2.05, 4.69) is 15.0 Å². The predicted octanol–water partition coefficient (Wildman–Crippen LogP) is 2.13. The third kappa shape index (κ3) is 4.02. The minimum Gasteiger partial charge on any atom is -0.337 e. The molecule has 3 aromatic rings. The number of pyridine rings is 1. The first-order valence-corrected chi connectivity index (χ1v) is 10.9. The highest BCUT2D eigenvalue weighted by Crippen LogP contribution is 2.27. The molecule has 1 unspecified atom stereocenters. The van der Waals surface area contributed by atoms with Crippen molar-refractivity contribution in [2.24, 2.45) is 0 Å². The van der Waals surface area contributed by atoms with E-state index in [9.17, 15) is 18.8 Å². The van der Waals surface area contributed by atoms with Crippen molar-refractivity contribution < 1.29 is 14.0 Å².